The van der Waals surface area contributed by atoms with E-state index in [4.69, 9.17) is 4.74 Å². The Hall–Kier alpha value is -2.50. The number of hydrogen-bond donors (Lipinski definition) is 1. The molecule has 3 aromatic heterocycles. The van der Waals surface area contributed by atoms with Crippen molar-refractivity contribution in [1.82, 2.24) is 20.2 Å². The van der Waals surface area contributed by atoms with E-state index in [0.717, 1.165) is 5.52 Å². The van der Waals surface area contributed by atoms with Gasteiger partial charge in [0.1, 0.15) is 17.0 Å². The highest BCUT2D eigenvalue weighted by atomic mass is 19.1. The molecule has 0 unspecified atom stereocenters. The van der Waals surface area contributed by atoms with Crippen molar-refractivity contribution in [2.45, 2.75) is 0 Å². The Kier molecular flexibility index (Phi) is 2.40. The molecule has 0 amide bonds. The van der Waals surface area contributed by atoms with E-state index in [-0.39, 0.29) is 0 Å². The second-order valence-electron chi connectivity index (χ2n) is 3.71. The molecule has 0 aliphatic rings. The number of nitrogens with zero attached hydrogens (tertiary/aromatic N) is 3. The van der Waals surface area contributed by atoms with Crippen LogP contribution in [-0.4, -0.2) is 27.3 Å². The standard InChI is InChI=1S/C12H9FN4O/c1-18-8-4-9-12(15-6-8)11(17-16-9)7-2-3-10(13)14-5-7/h2-6H,1H3,(H,16,17). The second-order valence-corrected chi connectivity index (χ2v) is 3.71. The molecule has 1 N–H and O–H groups in total. The molecule has 0 aromatic carbocycles. The van der Waals surface area contributed by atoms with E-state index in [1.54, 1.807) is 25.4 Å². The molecule has 0 aliphatic heterocycles. The van der Waals surface area contributed by atoms with Gasteiger partial charge in [-0.25, -0.2) is 9.97 Å². The van der Waals surface area contributed by atoms with Crippen LogP contribution >= 0.6 is 0 Å². The first kappa shape index (κ1) is 10.6. The number of H-pyrrole nitrogens is 1. The van der Waals surface area contributed by atoms with Crippen LogP contribution < -0.4 is 4.74 Å². The Morgan fingerprint density at radius 1 is 1.22 bits per heavy atom. The van der Waals surface area contributed by atoms with Gasteiger partial charge in [0.05, 0.1) is 18.8 Å². The summed E-state index contributed by atoms with van der Waals surface area (Å²) < 4.78 is 17.9. The summed E-state index contributed by atoms with van der Waals surface area (Å²) in [5, 5.41) is 7.03. The van der Waals surface area contributed by atoms with Crippen LogP contribution in [0.2, 0.25) is 0 Å². The van der Waals surface area contributed by atoms with E-state index in [1.165, 1.54) is 12.3 Å². The van der Waals surface area contributed by atoms with Gasteiger partial charge < -0.3 is 4.74 Å². The summed E-state index contributed by atoms with van der Waals surface area (Å²) in [7, 11) is 1.57. The summed E-state index contributed by atoms with van der Waals surface area (Å²) in [5.74, 6) is 0.128. The quantitative estimate of drug-likeness (QED) is 0.702. The SMILES string of the molecule is COc1cnc2c(-c3ccc(F)nc3)n[nH]c2c1. The van der Waals surface area contributed by atoms with Gasteiger partial charge in [0.15, 0.2) is 0 Å². The topological polar surface area (TPSA) is 63.7 Å². The Labute approximate surface area is 102 Å². The molecule has 0 bridgehead atoms. The van der Waals surface area contributed by atoms with E-state index in [0.29, 0.717) is 22.5 Å². The number of rotatable bonds is 2. The van der Waals surface area contributed by atoms with Gasteiger partial charge in [0, 0.05) is 17.8 Å². The van der Waals surface area contributed by atoms with Crippen LogP contribution in [0.15, 0.2) is 30.6 Å². The minimum Gasteiger partial charge on any atom is -0.495 e. The van der Waals surface area contributed by atoms with Crippen LogP contribution in [0.1, 0.15) is 0 Å². The lowest BCUT2D eigenvalue weighted by Crippen LogP contribution is -1.86. The van der Waals surface area contributed by atoms with Gasteiger partial charge in [-0.05, 0) is 12.1 Å². The minimum atomic E-state index is -0.520. The second kappa shape index (κ2) is 4.06. The minimum absolute atomic E-state index is 0.520. The third kappa shape index (κ3) is 1.67. The summed E-state index contributed by atoms with van der Waals surface area (Å²) in [4.78, 5) is 7.87. The van der Waals surface area contributed by atoms with E-state index in [2.05, 4.69) is 20.2 Å². The first-order chi connectivity index (χ1) is 8.78. The third-order valence-electron chi connectivity index (χ3n) is 2.61. The number of aromatic nitrogens is 4. The van der Waals surface area contributed by atoms with Gasteiger partial charge in [0.25, 0.3) is 0 Å². The fraction of sp³-hybridized carbons (Fsp3) is 0.0833. The molecule has 3 rings (SSSR count). The highest BCUT2D eigenvalue weighted by Crippen LogP contribution is 2.25. The summed E-state index contributed by atoms with van der Waals surface area (Å²) in [6.07, 6.45) is 3.04. The maximum absolute atomic E-state index is 12.8. The van der Waals surface area contributed by atoms with E-state index in [9.17, 15) is 4.39 Å². The predicted octanol–water partition coefficient (Wildman–Crippen LogP) is 2.17. The Balaban J connectivity index is 2.15. The smallest absolute Gasteiger partial charge is 0.212 e. The molecular formula is C12H9FN4O. The van der Waals surface area contributed by atoms with Gasteiger partial charge in [-0.2, -0.15) is 9.49 Å². The van der Waals surface area contributed by atoms with Crippen molar-refractivity contribution in [2.75, 3.05) is 7.11 Å². The van der Waals surface area contributed by atoms with Crippen LogP contribution in [0, 0.1) is 5.95 Å². The Morgan fingerprint density at radius 2 is 2.11 bits per heavy atom. The zero-order chi connectivity index (χ0) is 12.5. The van der Waals surface area contributed by atoms with E-state index < -0.39 is 5.95 Å². The van der Waals surface area contributed by atoms with Crippen molar-refractivity contribution in [1.29, 1.82) is 0 Å². The molecule has 0 fully saturated rings. The van der Waals surface area contributed by atoms with Gasteiger partial charge in [-0.3, -0.25) is 5.10 Å². The molecule has 6 heteroatoms. The fourth-order valence-electron chi connectivity index (χ4n) is 1.72. The summed E-state index contributed by atoms with van der Waals surface area (Å²) in [5.41, 5.74) is 2.80. The zero-order valence-corrected chi connectivity index (χ0v) is 9.51. The van der Waals surface area contributed by atoms with Crippen molar-refractivity contribution < 1.29 is 9.13 Å². The van der Waals surface area contributed by atoms with E-state index >= 15 is 0 Å². The van der Waals surface area contributed by atoms with Crippen molar-refractivity contribution in [3.8, 4) is 17.0 Å². The van der Waals surface area contributed by atoms with Crippen molar-refractivity contribution in [3.05, 3.63) is 36.5 Å². The summed E-state index contributed by atoms with van der Waals surface area (Å²) in [6.45, 7) is 0. The van der Waals surface area contributed by atoms with Crippen LogP contribution in [0.3, 0.4) is 0 Å². The van der Waals surface area contributed by atoms with Crippen molar-refractivity contribution in [2.24, 2.45) is 0 Å². The first-order valence-electron chi connectivity index (χ1n) is 5.28. The average molecular weight is 244 g/mol. The van der Waals surface area contributed by atoms with Crippen LogP contribution in [0.5, 0.6) is 5.75 Å². The van der Waals surface area contributed by atoms with Crippen LogP contribution in [-0.2, 0) is 0 Å². The monoisotopic (exact) mass is 244 g/mol. The Morgan fingerprint density at radius 3 is 2.83 bits per heavy atom. The molecule has 90 valence electrons. The molecule has 0 saturated carbocycles. The molecule has 3 aromatic rings. The largest absolute Gasteiger partial charge is 0.495 e. The maximum Gasteiger partial charge on any atom is 0.212 e. The number of ether oxygens (including phenoxy) is 1. The number of fused-ring (bicyclic) bond motifs is 1. The third-order valence-corrected chi connectivity index (χ3v) is 2.61. The predicted molar refractivity (Wildman–Crippen MR) is 63.6 cm³/mol. The number of halogens is 1. The molecule has 0 aliphatic carbocycles. The molecule has 18 heavy (non-hydrogen) atoms. The van der Waals surface area contributed by atoms with Crippen LogP contribution in [0.25, 0.3) is 22.3 Å². The van der Waals surface area contributed by atoms with Crippen molar-refractivity contribution >= 4 is 11.0 Å². The van der Waals surface area contributed by atoms with E-state index in [1.807, 2.05) is 0 Å². The normalized spacial score (nSPS) is 10.8. The van der Waals surface area contributed by atoms with Crippen LogP contribution in [0.4, 0.5) is 4.39 Å². The molecule has 0 saturated heterocycles. The number of nitrogens with one attached hydrogen (secondary N) is 1. The molecule has 0 radical (unpaired) electrons. The lowest BCUT2D eigenvalue weighted by Gasteiger charge is -1.99. The van der Waals surface area contributed by atoms with Gasteiger partial charge in [0.2, 0.25) is 5.95 Å². The molecular weight excluding hydrogens is 235 g/mol. The summed E-state index contributed by atoms with van der Waals surface area (Å²) in [6, 6.07) is 4.71. The fourth-order valence-corrected chi connectivity index (χ4v) is 1.72. The Bertz CT molecular complexity index is 693. The highest BCUT2D eigenvalue weighted by molar-refractivity contribution is 5.89. The average Bonchev–Trinajstić information content (AvgIpc) is 2.82. The van der Waals surface area contributed by atoms with Gasteiger partial charge in [-0.15, -0.1) is 0 Å². The number of pyridine rings is 2. The maximum atomic E-state index is 12.8. The number of methoxy groups -OCH3 is 1. The highest BCUT2D eigenvalue weighted by Gasteiger charge is 2.10. The first-order valence-corrected chi connectivity index (χ1v) is 5.28. The molecule has 5 nitrogen and oxygen atoms in total. The van der Waals surface area contributed by atoms with Crippen molar-refractivity contribution in [3.63, 3.8) is 0 Å². The zero-order valence-electron chi connectivity index (χ0n) is 9.51. The van der Waals surface area contributed by atoms with Gasteiger partial charge >= 0.3 is 0 Å². The number of hydrogen-bond acceptors (Lipinski definition) is 4. The van der Waals surface area contributed by atoms with Gasteiger partial charge in [-0.1, -0.05) is 0 Å². The molecule has 3 heterocycles. The molecule has 0 spiro atoms. The lowest BCUT2D eigenvalue weighted by atomic mass is 10.2. The number of aromatic amines is 1. The molecule has 0 atom stereocenters. The summed E-state index contributed by atoms with van der Waals surface area (Å²) >= 11 is 0. The lowest BCUT2D eigenvalue weighted by molar-refractivity contribution is 0.413.